The number of amides is 1. The lowest BCUT2D eigenvalue weighted by atomic mass is 9.90. The van der Waals surface area contributed by atoms with Gasteiger partial charge in [-0.15, -0.1) is 0 Å². The van der Waals surface area contributed by atoms with E-state index in [0.717, 1.165) is 0 Å². The van der Waals surface area contributed by atoms with Gasteiger partial charge in [-0.2, -0.15) is 0 Å². The van der Waals surface area contributed by atoms with Crippen LogP contribution in [-0.4, -0.2) is 35.5 Å². The number of hydrogen-bond acceptors (Lipinski definition) is 2. The molecular weight excluding hydrogens is 146 g/mol. The van der Waals surface area contributed by atoms with Crippen LogP contribution < -0.4 is 0 Å². The molecule has 11 heavy (non-hydrogen) atoms. The molecule has 0 spiro atoms. The van der Waals surface area contributed by atoms with Crippen LogP contribution in [0.25, 0.3) is 0 Å². The van der Waals surface area contributed by atoms with E-state index in [0.29, 0.717) is 6.54 Å². The van der Waals surface area contributed by atoms with Gasteiger partial charge < -0.3 is 10.0 Å². The maximum atomic E-state index is 11.0. The molecule has 0 saturated carbocycles. The maximum absolute atomic E-state index is 11.0. The Morgan fingerprint density at radius 1 is 1.73 bits per heavy atom. The van der Waals surface area contributed by atoms with Crippen molar-refractivity contribution in [3.63, 3.8) is 0 Å². The highest BCUT2D eigenvalue weighted by atomic mass is 16.4. The quantitative estimate of drug-likeness (QED) is 0.580. The Morgan fingerprint density at radius 3 is 2.45 bits per heavy atom. The molecule has 0 aliphatic carbocycles. The second-order valence-electron chi connectivity index (χ2n) is 3.29. The molecule has 0 bridgehead atoms. The van der Waals surface area contributed by atoms with Gasteiger partial charge in [0.2, 0.25) is 5.91 Å². The first-order chi connectivity index (χ1) is 4.96. The summed E-state index contributed by atoms with van der Waals surface area (Å²) in [6.07, 6.45) is 0.124. The van der Waals surface area contributed by atoms with E-state index in [2.05, 4.69) is 0 Å². The van der Waals surface area contributed by atoms with Crippen LogP contribution in [0.1, 0.15) is 13.3 Å². The third kappa shape index (κ3) is 1.20. The van der Waals surface area contributed by atoms with Gasteiger partial charge in [-0.3, -0.25) is 9.59 Å². The zero-order chi connectivity index (χ0) is 8.65. The van der Waals surface area contributed by atoms with Gasteiger partial charge in [0.25, 0.3) is 0 Å². The molecule has 1 amide bonds. The van der Waals surface area contributed by atoms with Crippen molar-refractivity contribution in [2.75, 3.05) is 13.6 Å². The van der Waals surface area contributed by atoms with E-state index in [9.17, 15) is 9.59 Å². The maximum Gasteiger partial charge on any atom is 0.311 e. The Balaban J connectivity index is 2.79. The Kier molecular flexibility index (Phi) is 1.62. The predicted molar refractivity (Wildman–Crippen MR) is 38.0 cm³/mol. The molecule has 1 heterocycles. The van der Waals surface area contributed by atoms with Crippen molar-refractivity contribution in [1.82, 2.24) is 4.90 Å². The molecule has 1 atom stereocenters. The zero-order valence-corrected chi connectivity index (χ0v) is 6.63. The summed E-state index contributed by atoms with van der Waals surface area (Å²) in [6, 6.07) is 0. The minimum atomic E-state index is -0.893. The van der Waals surface area contributed by atoms with Gasteiger partial charge >= 0.3 is 5.97 Å². The topological polar surface area (TPSA) is 57.6 Å². The highest BCUT2D eigenvalue weighted by molar-refractivity contribution is 5.88. The average Bonchev–Trinajstić information content (AvgIpc) is 2.09. The van der Waals surface area contributed by atoms with E-state index in [4.69, 9.17) is 5.11 Å². The van der Waals surface area contributed by atoms with E-state index < -0.39 is 11.4 Å². The molecule has 0 aromatic carbocycles. The molecular formula is C7H11NO3. The van der Waals surface area contributed by atoms with Crippen LogP contribution in [0.2, 0.25) is 0 Å². The van der Waals surface area contributed by atoms with Crippen molar-refractivity contribution in [1.29, 1.82) is 0 Å². The van der Waals surface area contributed by atoms with Gasteiger partial charge in [-0.05, 0) is 6.92 Å². The first-order valence-corrected chi connectivity index (χ1v) is 3.43. The Bertz CT molecular complexity index is 212. The number of nitrogens with zero attached hydrogens (tertiary/aromatic N) is 1. The standard InChI is InChI=1S/C7H11NO3/c1-7(6(10)11)3-5(9)8(2)4-7/h3-4H2,1-2H3,(H,10,11). The van der Waals surface area contributed by atoms with Crippen molar-refractivity contribution < 1.29 is 14.7 Å². The Labute approximate surface area is 64.8 Å². The van der Waals surface area contributed by atoms with E-state index in [1.807, 2.05) is 0 Å². The van der Waals surface area contributed by atoms with Gasteiger partial charge in [-0.25, -0.2) is 0 Å². The number of likely N-dealkylation sites (tertiary alicyclic amines) is 1. The van der Waals surface area contributed by atoms with Gasteiger partial charge in [0.15, 0.2) is 0 Å². The summed E-state index contributed by atoms with van der Waals surface area (Å²) in [6.45, 7) is 1.91. The van der Waals surface area contributed by atoms with E-state index in [-0.39, 0.29) is 12.3 Å². The largest absolute Gasteiger partial charge is 0.481 e. The fourth-order valence-corrected chi connectivity index (χ4v) is 1.28. The van der Waals surface area contributed by atoms with E-state index in [1.54, 1.807) is 14.0 Å². The second kappa shape index (κ2) is 2.22. The number of hydrogen-bond donors (Lipinski definition) is 1. The molecule has 4 nitrogen and oxygen atoms in total. The third-order valence-corrected chi connectivity index (χ3v) is 2.07. The van der Waals surface area contributed by atoms with Crippen LogP contribution >= 0.6 is 0 Å². The van der Waals surface area contributed by atoms with Crippen molar-refractivity contribution >= 4 is 11.9 Å². The number of aliphatic carboxylic acids is 1. The molecule has 62 valence electrons. The van der Waals surface area contributed by atoms with Gasteiger partial charge in [0.1, 0.15) is 0 Å². The molecule has 1 N–H and O–H groups in total. The van der Waals surface area contributed by atoms with Crippen LogP contribution in [0.3, 0.4) is 0 Å². The fourth-order valence-electron chi connectivity index (χ4n) is 1.28. The van der Waals surface area contributed by atoms with Crippen molar-refractivity contribution in [2.24, 2.45) is 5.41 Å². The van der Waals surface area contributed by atoms with Crippen molar-refractivity contribution in [3.05, 3.63) is 0 Å². The van der Waals surface area contributed by atoms with Gasteiger partial charge in [0.05, 0.1) is 5.41 Å². The first kappa shape index (κ1) is 8.04. The molecule has 4 heteroatoms. The summed E-state index contributed by atoms with van der Waals surface area (Å²) in [4.78, 5) is 23.0. The second-order valence-corrected chi connectivity index (χ2v) is 3.29. The summed E-state index contributed by atoms with van der Waals surface area (Å²) < 4.78 is 0. The summed E-state index contributed by atoms with van der Waals surface area (Å²) in [7, 11) is 1.62. The van der Waals surface area contributed by atoms with Crippen molar-refractivity contribution in [3.8, 4) is 0 Å². The van der Waals surface area contributed by atoms with Crippen molar-refractivity contribution in [2.45, 2.75) is 13.3 Å². The minimum absolute atomic E-state index is 0.0881. The smallest absolute Gasteiger partial charge is 0.311 e. The molecule has 0 aromatic rings. The SMILES string of the molecule is CN1CC(C)(C(=O)O)CC1=O. The van der Waals surface area contributed by atoms with E-state index in [1.165, 1.54) is 4.90 Å². The summed E-state index contributed by atoms with van der Waals surface area (Å²) in [5.74, 6) is -0.981. The molecule has 1 aliphatic heterocycles. The monoisotopic (exact) mass is 157 g/mol. The average molecular weight is 157 g/mol. The number of carboxylic acids is 1. The molecule has 1 rings (SSSR count). The normalized spacial score (nSPS) is 31.1. The molecule has 1 saturated heterocycles. The molecule has 1 aliphatic rings. The Morgan fingerprint density at radius 2 is 2.27 bits per heavy atom. The summed E-state index contributed by atoms with van der Waals surface area (Å²) >= 11 is 0. The van der Waals surface area contributed by atoms with E-state index >= 15 is 0 Å². The third-order valence-electron chi connectivity index (χ3n) is 2.07. The van der Waals surface area contributed by atoms with Gasteiger partial charge in [0, 0.05) is 20.0 Å². The molecule has 0 aromatic heterocycles. The lowest BCUT2D eigenvalue weighted by Crippen LogP contribution is -2.30. The zero-order valence-electron chi connectivity index (χ0n) is 6.63. The lowest BCUT2D eigenvalue weighted by molar-refractivity contribution is -0.147. The van der Waals surface area contributed by atoms with Crippen LogP contribution in [0, 0.1) is 5.41 Å². The lowest BCUT2D eigenvalue weighted by Gasteiger charge is -2.15. The van der Waals surface area contributed by atoms with Crippen LogP contribution in [0.4, 0.5) is 0 Å². The summed E-state index contributed by atoms with van der Waals surface area (Å²) in [5, 5.41) is 8.73. The molecule has 1 unspecified atom stereocenters. The van der Waals surface area contributed by atoms with Gasteiger partial charge in [-0.1, -0.05) is 0 Å². The number of carbonyl (C=O) groups is 2. The Hall–Kier alpha value is -1.06. The number of rotatable bonds is 1. The number of carboxylic acid groups (broad SMARTS) is 1. The first-order valence-electron chi connectivity index (χ1n) is 3.43. The number of carbonyl (C=O) groups excluding carboxylic acids is 1. The highest BCUT2D eigenvalue weighted by Gasteiger charge is 2.43. The van der Waals surface area contributed by atoms with Crippen LogP contribution in [-0.2, 0) is 9.59 Å². The van der Waals surface area contributed by atoms with Crippen LogP contribution in [0.15, 0.2) is 0 Å². The molecule has 0 radical (unpaired) electrons. The molecule has 1 fully saturated rings. The predicted octanol–water partition coefficient (Wildman–Crippen LogP) is -0.0606. The highest BCUT2D eigenvalue weighted by Crippen LogP contribution is 2.29. The van der Waals surface area contributed by atoms with Crippen LogP contribution in [0.5, 0.6) is 0 Å². The summed E-state index contributed by atoms with van der Waals surface area (Å²) in [5.41, 5.74) is -0.869. The minimum Gasteiger partial charge on any atom is -0.481 e. The fraction of sp³-hybridized carbons (Fsp3) is 0.714.